The third-order valence-electron chi connectivity index (χ3n) is 5.00. The lowest BCUT2D eigenvalue weighted by molar-refractivity contribution is -0.141. The Bertz CT molecular complexity index is 1350. The van der Waals surface area contributed by atoms with Crippen LogP contribution in [0.5, 0.6) is 5.75 Å². The first kappa shape index (κ1) is 23.6. The van der Waals surface area contributed by atoms with Crippen LogP contribution in [0.15, 0.2) is 84.9 Å². The molecule has 0 spiro atoms. The van der Waals surface area contributed by atoms with Gasteiger partial charge in [0.1, 0.15) is 5.75 Å². The molecule has 10 heteroatoms. The predicted octanol–water partition coefficient (Wildman–Crippen LogP) is 5.53. The first-order valence-electron chi connectivity index (χ1n) is 10.3. The van der Waals surface area contributed by atoms with Crippen molar-refractivity contribution in [1.29, 1.82) is 0 Å². The number of benzene rings is 3. The van der Waals surface area contributed by atoms with E-state index in [0.717, 1.165) is 6.07 Å². The Hall–Kier alpha value is -4.60. The van der Waals surface area contributed by atoms with Gasteiger partial charge in [0.15, 0.2) is 5.69 Å². The van der Waals surface area contributed by atoms with Crippen LogP contribution in [-0.4, -0.2) is 28.8 Å². The lowest BCUT2D eigenvalue weighted by Crippen LogP contribution is -2.34. The lowest BCUT2D eigenvalue weighted by atomic mass is 10.1. The summed E-state index contributed by atoms with van der Waals surface area (Å²) in [7, 11) is 1.46. The van der Waals surface area contributed by atoms with Crippen molar-refractivity contribution < 1.29 is 27.5 Å². The fraction of sp³-hybridized carbons (Fsp3) is 0.0800. The number of imide groups is 1. The van der Waals surface area contributed by atoms with Crippen LogP contribution in [0.1, 0.15) is 16.1 Å². The number of anilines is 1. The zero-order valence-electron chi connectivity index (χ0n) is 18.3. The van der Waals surface area contributed by atoms with E-state index >= 15 is 0 Å². The Kier molecular flexibility index (Phi) is 6.54. The first-order valence-corrected chi connectivity index (χ1v) is 10.3. The van der Waals surface area contributed by atoms with Crippen molar-refractivity contribution in [3.05, 3.63) is 96.2 Å². The Morgan fingerprint density at radius 2 is 1.63 bits per heavy atom. The number of hydrogen-bond donors (Lipinski definition) is 2. The zero-order chi connectivity index (χ0) is 25.0. The SMILES string of the molecule is COc1cccc(C(=O)NC(=O)Nc2ccc(-c3cc(C(F)(F)F)nn3-c3ccccc3)cc2)c1. The van der Waals surface area contributed by atoms with E-state index in [9.17, 15) is 22.8 Å². The van der Waals surface area contributed by atoms with Crippen LogP contribution in [-0.2, 0) is 6.18 Å². The second-order valence-corrected chi connectivity index (χ2v) is 7.38. The van der Waals surface area contributed by atoms with E-state index in [4.69, 9.17) is 4.74 Å². The number of ether oxygens (including phenoxy) is 1. The maximum Gasteiger partial charge on any atom is 0.435 e. The van der Waals surface area contributed by atoms with Gasteiger partial charge < -0.3 is 10.1 Å². The summed E-state index contributed by atoms with van der Waals surface area (Å²) in [5.74, 6) is -0.151. The molecule has 0 fully saturated rings. The number of nitrogens with zero attached hydrogens (tertiary/aromatic N) is 2. The van der Waals surface area contributed by atoms with Gasteiger partial charge in [0.05, 0.1) is 18.5 Å². The van der Waals surface area contributed by atoms with Crippen molar-refractivity contribution in [3.63, 3.8) is 0 Å². The highest BCUT2D eigenvalue weighted by Crippen LogP contribution is 2.33. The topological polar surface area (TPSA) is 85.2 Å². The van der Waals surface area contributed by atoms with Crippen LogP contribution in [0.2, 0.25) is 0 Å². The Morgan fingerprint density at radius 3 is 2.29 bits per heavy atom. The van der Waals surface area contributed by atoms with E-state index in [1.165, 1.54) is 36.1 Å². The summed E-state index contributed by atoms with van der Waals surface area (Å²) in [5, 5.41) is 8.47. The van der Waals surface area contributed by atoms with Crippen LogP contribution >= 0.6 is 0 Å². The van der Waals surface area contributed by atoms with Gasteiger partial charge in [-0.2, -0.15) is 18.3 Å². The van der Waals surface area contributed by atoms with Gasteiger partial charge in [-0.1, -0.05) is 36.4 Å². The average Bonchev–Trinajstić information content (AvgIpc) is 3.31. The van der Waals surface area contributed by atoms with Crippen LogP contribution in [0.25, 0.3) is 16.9 Å². The molecule has 2 N–H and O–H groups in total. The number of hydrogen-bond acceptors (Lipinski definition) is 4. The fourth-order valence-electron chi connectivity index (χ4n) is 3.32. The van der Waals surface area contributed by atoms with E-state index in [1.807, 2.05) is 0 Å². The number of carbonyl (C=O) groups is 2. The van der Waals surface area contributed by atoms with Gasteiger partial charge >= 0.3 is 12.2 Å². The van der Waals surface area contributed by atoms with Gasteiger partial charge in [-0.15, -0.1) is 0 Å². The van der Waals surface area contributed by atoms with Crippen LogP contribution < -0.4 is 15.4 Å². The number of para-hydroxylation sites is 1. The molecule has 4 rings (SSSR count). The number of amides is 3. The van der Waals surface area contributed by atoms with Gasteiger partial charge in [0, 0.05) is 16.8 Å². The maximum absolute atomic E-state index is 13.3. The molecule has 3 aromatic carbocycles. The molecule has 0 radical (unpaired) electrons. The molecule has 7 nitrogen and oxygen atoms in total. The van der Waals surface area contributed by atoms with Crippen molar-refractivity contribution in [2.24, 2.45) is 0 Å². The van der Waals surface area contributed by atoms with E-state index in [2.05, 4.69) is 15.7 Å². The molecular formula is C25H19F3N4O3. The summed E-state index contributed by atoms with van der Waals surface area (Å²) in [5.41, 5.74) is 0.712. The molecule has 0 atom stereocenters. The number of carbonyl (C=O) groups excluding carboxylic acids is 2. The van der Waals surface area contributed by atoms with Crippen molar-refractivity contribution in [2.75, 3.05) is 12.4 Å². The number of alkyl halides is 3. The van der Waals surface area contributed by atoms with Gasteiger partial charge in [0.2, 0.25) is 0 Å². The molecule has 0 aliphatic heterocycles. The number of aromatic nitrogens is 2. The van der Waals surface area contributed by atoms with Gasteiger partial charge in [-0.3, -0.25) is 10.1 Å². The Labute approximate surface area is 198 Å². The molecule has 35 heavy (non-hydrogen) atoms. The monoisotopic (exact) mass is 480 g/mol. The van der Waals surface area contributed by atoms with Crippen molar-refractivity contribution >= 4 is 17.6 Å². The highest BCUT2D eigenvalue weighted by atomic mass is 19.4. The Morgan fingerprint density at radius 1 is 0.914 bits per heavy atom. The van der Waals surface area contributed by atoms with Crippen molar-refractivity contribution in [1.82, 2.24) is 15.1 Å². The largest absolute Gasteiger partial charge is 0.497 e. The molecular weight excluding hydrogens is 461 g/mol. The molecule has 0 bridgehead atoms. The van der Waals surface area contributed by atoms with Gasteiger partial charge in [-0.05, 0) is 48.5 Å². The van der Waals surface area contributed by atoms with Crippen molar-refractivity contribution in [3.8, 4) is 22.7 Å². The summed E-state index contributed by atoms with van der Waals surface area (Å²) in [6.45, 7) is 0. The minimum atomic E-state index is -4.61. The molecule has 0 saturated heterocycles. The highest BCUT2D eigenvalue weighted by molar-refractivity contribution is 6.08. The van der Waals surface area contributed by atoms with E-state index in [0.29, 0.717) is 22.7 Å². The lowest BCUT2D eigenvalue weighted by Gasteiger charge is -2.10. The third-order valence-corrected chi connectivity index (χ3v) is 5.00. The molecule has 3 amide bonds. The predicted molar refractivity (Wildman–Crippen MR) is 123 cm³/mol. The van der Waals surface area contributed by atoms with E-state index in [1.54, 1.807) is 54.6 Å². The van der Waals surface area contributed by atoms with Crippen LogP contribution in [0.4, 0.5) is 23.7 Å². The summed E-state index contributed by atoms with van der Waals surface area (Å²) in [6, 6.07) is 21.1. The quantitative estimate of drug-likeness (QED) is 0.394. The Balaban J connectivity index is 1.51. The summed E-state index contributed by atoms with van der Waals surface area (Å²) < 4.78 is 46.2. The second-order valence-electron chi connectivity index (χ2n) is 7.38. The number of methoxy groups -OCH3 is 1. The minimum absolute atomic E-state index is 0.229. The highest BCUT2D eigenvalue weighted by Gasteiger charge is 2.35. The van der Waals surface area contributed by atoms with Crippen LogP contribution in [0.3, 0.4) is 0 Å². The molecule has 0 aliphatic carbocycles. The molecule has 1 aromatic heterocycles. The fourth-order valence-corrected chi connectivity index (χ4v) is 3.32. The molecule has 0 aliphatic rings. The maximum atomic E-state index is 13.3. The van der Waals surface area contributed by atoms with Crippen LogP contribution in [0, 0.1) is 0 Å². The second kappa shape index (κ2) is 9.72. The molecule has 0 unspecified atom stereocenters. The summed E-state index contributed by atoms with van der Waals surface area (Å²) >= 11 is 0. The molecule has 0 saturated carbocycles. The standard InChI is InChI=1S/C25H19F3N4O3/c1-35-20-9-5-6-17(14-20)23(33)30-24(34)29-18-12-10-16(11-13-18)21-15-22(25(26,27)28)31-32(21)19-7-3-2-4-8-19/h2-15H,1H3,(H2,29,30,33,34). The smallest absolute Gasteiger partial charge is 0.435 e. The molecule has 4 aromatic rings. The molecule has 1 heterocycles. The number of rotatable bonds is 5. The molecule has 178 valence electrons. The normalized spacial score (nSPS) is 11.1. The van der Waals surface area contributed by atoms with Gasteiger partial charge in [0.25, 0.3) is 5.91 Å². The minimum Gasteiger partial charge on any atom is -0.497 e. The number of urea groups is 1. The number of nitrogens with one attached hydrogen (secondary N) is 2. The zero-order valence-corrected chi connectivity index (χ0v) is 18.3. The third kappa shape index (κ3) is 5.49. The first-order chi connectivity index (χ1) is 16.7. The van der Waals surface area contributed by atoms with Gasteiger partial charge in [-0.25, -0.2) is 9.48 Å². The van der Waals surface area contributed by atoms with Crippen molar-refractivity contribution in [2.45, 2.75) is 6.18 Å². The van der Waals surface area contributed by atoms with E-state index < -0.39 is 23.8 Å². The summed E-state index contributed by atoms with van der Waals surface area (Å²) in [6.07, 6.45) is -4.61. The average molecular weight is 480 g/mol. The summed E-state index contributed by atoms with van der Waals surface area (Å²) in [4.78, 5) is 24.5. The van der Waals surface area contributed by atoms with E-state index in [-0.39, 0.29) is 11.3 Å². The number of halogens is 3.